The van der Waals surface area contributed by atoms with E-state index in [-0.39, 0.29) is 11.8 Å². The van der Waals surface area contributed by atoms with Gasteiger partial charge in [0, 0.05) is 36.2 Å². The fourth-order valence-corrected chi connectivity index (χ4v) is 4.72. The zero-order chi connectivity index (χ0) is 21.5. The maximum atomic E-state index is 12.3. The highest BCUT2D eigenvalue weighted by Crippen LogP contribution is 2.33. The Balaban J connectivity index is 1.60. The second-order valence-electron chi connectivity index (χ2n) is 7.72. The molecule has 1 aromatic carbocycles. The number of benzene rings is 1. The van der Waals surface area contributed by atoms with E-state index in [9.17, 15) is 8.42 Å². The van der Waals surface area contributed by atoms with Crippen LogP contribution in [0.25, 0.3) is 11.3 Å². The average molecular weight is 427 g/mol. The van der Waals surface area contributed by atoms with E-state index in [2.05, 4.69) is 34.2 Å². The quantitative estimate of drug-likeness (QED) is 0.646. The van der Waals surface area contributed by atoms with Crippen LogP contribution in [0.5, 0.6) is 0 Å². The van der Waals surface area contributed by atoms with Gasteiger partial charge in [-0.3, -0.25) is 8.99 Å². The molecule has 0 aliphatic carbocycles. The first-order chi connectivity index (χ1) is 14.3. The van der Waals surface area contributed by atoms with Crippen LogP contribution in [0.1, 0.15) is 37.9 Å². The summed E-state index contributed by atoms with van der Waals surface area (Å²) in [6.45, 7) is 8.29. The number of fused-ring (bicyclic) bond motifs is 1. The highest BCUT2D eigenvalue weighted by atomic mass is 32.2. The lowest BCUT2D eigenvalue weighted by molar-refractivity contribution is 0.532. The van der Waals surface area contributed by atoms with E-state index < -0.39 is 10.0 Å². The number of hydrogen-bond donors (Lipinski definition) is 1. The Morgan fingerprint density at radius 2 is 2.03 bits per heavy atom. The van der Waals surface area contributed by atoms with Crippen molar-refractivity contribution < 1.29 is 8.42 Å². The molecule has 0 saturated heterocycles. The molecule has 1 aliphatic rings. The zero-order valence-electron chi connectivity index (χ0n) is 17.6. The normalized spacial score (nSPS) is 13.7. The molecule has 0 radical (unpaired) electrons. The van der Waals surface area contributed by atoms with Crippen molar-refractivity contribution in [3.8, 4) is 11.3 Å². The van der Waals surface area contributed by atoms with Crippen LogP contribution in [0.3, 0.4) is 0 Å². The van der Waals surface area contributed by atoms with Crippen molar-refractivity contribution in [2.45, 2.75) is 40.2 Å². The van der Waals surface area contributed by atoms with E-state index in [4.69, 9.17) is 0 Å². The number of nitrogens with zero attached hydrogens (tertiary/aromatic N) is 5. The van der Waals surface area contributed by atoms with Crippen LogP contribution in [-0.2, 0) is 16.4 Å². The van der Waals surface area contributed by atoms with Crippen molar-refractivity contribution in [3.05, 3.63) is 47.9 Å². The summed E-state index contributed by atoms with van der Waals surface area (Å²) in [6.07, 6.45) is 6.29. The first kappa shape index (κ1) is 20.3. The largest absolute Gasteiger partial charge is 0.324 e. The molecule has 1 aliphatic heterocycles. The summed E-state index contributed by atoms with van der Waals surface area (Å²) in [4.78, 5) is 9.10. The number of nitrogens with one attached hydrogen (secondary N) is 1. The van der Waals surface area contributed by atoms with Gasteiger partial charge in [-0.25, -0.2) is 18.4 Å². The fraction of sp³-hybridized carbons (Fsp3) is 0.381. The summed E-state index contributed by atoms with van der Waals surface area (Å²) in [5.41, 5.74) is 5.34. The molecule has 0 bridgehead atoms. The van der Waals surface area contributed by atoms with Gasteiger partial charge in [-0.2, -0.15) is 5.10 Å². The summed E-state index contributed by atoms with van der Waals surface area (Å²) in [5, 5.41) is 7.65. The molecule has 8 nitrogen and oxygen atoms in total. The predicted molar refractivity (Wildman–Crippen MR) is 119 cm³/mol. The molecule has 0 saturated carbocycles. The van der Waals surface area contributed by atoms with Gasteiger partial charge >= 0.3 is 0 Å². The number of sulfonamides is 1. The summed E-state index contributed by atoms with van der Waals surface area (Å²) in [5.74, 6) is 0.587. The Morgan fingerprint density at radius 1 is 1.23 bits per heavy atom. The van der Waals surface area contributed by atoms with Gasteiger partial charge in [0.15, 0.2) is 0 Å². The maximum Gasteiger partial charge on any atom is 0.234 e. The van der Waals surface area contributed by atoms with Crippen molar-refractivity contribution in [3.63, 3.8) is 0 Å². The number of rotatable bonds is 6. The summed E-state index contributed by atoms with van der Waals surface area (Å²) in [6, 6.07) is 5.96. The average Bonchev–Trinajstić information content (AvgIpc) is 3.37. The van der Waals surface area contributed by atoms with Crippen molar-refractivity contribution in [2.75, 3.05) is 21.9 Å². The van der Waals surface area contributed by atoms with E-state index >= 15 is 0 Å². The second-order valence-corrected chi connectivity index (χ2v) is 9.90. The highest BCUT2D eigenvalue weighted by Gasteiger charge is 2.28. The van der Waals surface area contributed by atoms with Gasteiger partial charge in [-0.1, -0.05) is 0 Å². The van der Waals surface area contributed by atoms with Gasteiger partial charge in [0.2, 0.25) is 16.0 Å². The SMILES string of the molecule is CCS(=O)(=O)N1CCc2cc(Nc3ncc(C)c(-c4cnn(C(C)C)c4)n3)ccc21. The molecule has 158 valence electrons. The Morgan fingerprint density at radius 3 is 2.73 bits per heavy atom. The van der Waals surface area contributed by atoms with Gasteiger partial charge in [-0.15, -0.1) is 0 Å². The van der Waals surface area contributed by atoms with E-state index in [0.29, 0.717) is 18.9 Å². The first-order valence-electron chi connectivity index (χ1n) is 10.1. The third-order valence-electron chi connectivity index (χ3n) is 5.26. The predicted octanol–water partition coefficient (Wildman–Crippen LogP) is 3.69. The molecule has 0 amide bonds. The number of hydrogen-bond acceptors (Lipinski definition) is 6. The molecular weight excluding hydrogens is 400 g/mol. The van der Waals surface area contributed by atoms with E-state index in [1.165, 1.54) is 4.31 Å². The van der Waals surface area contributed by atoms with Crippen LogP contribution in [0.2, 0.25) is 0 Å². The van der Waals surface area contributed by atoms with Gasteiger partial charge in [0.1, 0.15) is 0 Å². The molecule has 2 aromatic heterocycles. The Bertz CT molecular complexity index is 1190. The molecule has 0 unspecified atom stereocenters. The first-order valence-corrected chi connectivity index (χ1v) is 11.7. The van der Waals surface area contributed by atoms with Gasteiger partial charge in [0.25, 0.3) is 0 Å². The lowest BCUT2D eigenvalue weighted by Crippen LogP contribution is -2.30. The number of anilines is 3. The van der Waals surface area contributed by atoms with Crippen LogP contribution < -0.4 is 9.62 Å². The lowest BCUT2D eigenvalue weighted by Gasteiger charge is -2.18. The Labute approximate surface area is 177 Å². The van der Waals surface area contributed by atoms with Gasteiger partial charge in [-0.05, 0) is 63.4 Å². The van der Waals surface area contributed by atoms with Crippen molar-refractivity contribution in [2.24, 2.45) is 0 Å². The molecule has 30 heavy (non-hydrogen) atoms. The minimum Gasteiger partial charge on any atom is -0.324 e. The third-order valence-corrected chi connectivity index (χ3v) is 7.05. The molecule has 9 heteroatoms. The number of aromatic nitrogens is 4. The second kappa shape index (κ2) is 7.71. The smallest absolute Gasteiger partial charge is 0.234 e. The highest BCUT2D eigenvalue weighted by molar-refractivity contribution is 7.92. The van der Waals surface area contributed by atoms with E-state index in [1.54, 1.807) is 13.1 Å². The standard InChI is InChI=1S/C21H26N6O2S/c1-5-30(28,29)27-9-8-16-10-18(6-7-19(16)27)24-21-22-11-15(4)20(25-21)17-12-23-26(13-17)14(2)3/h6-7,10-14H,5,8-9H2,1-4H3,(H,22,24,25). The molecule has 0 atom stereocenters. The van der Waals surface area contributed by atoms with Crippen LogP contribution in [0.4, 0.5) is 17.3 Å². The van der Waals surface area contributed by atoms with E-state index in [1.807, 2.05) is 42.2 Å². The minimum atomic E-state index is -3.25. The van der Waals surface area contributed by atoms with Gasteiger partial charge < -0.3 is 5.32 Å². The minimum absolute atomic E-state index is 0.0970. The summed E-state index contributed by atoms with van der Waals surface area (Å²) < 4.78 is 27.9. The zero-order valence-corrected chi connectivity index (χ0v) is 18.4. The molecule has 3 heterocycles. The van der Waals surface area contributed by atoms with Crippen LogP contribution >= 0.6 is 0 Å². The molecule has 4 rings (SSSR count). The molecule has 0 spiro atoms. The summed E-state index contributed by atoms with van der Waals surface area (Å²) >= 11 is 0. The van der Waals surface area contributed by atoms with Crippen LogP contribution in [-0.4, -0.2) is 40.5 Å². The Hall–Kier alpha value is -2.94. The van der Waals surface area contributed by atoms with Crippen molar-refractivity contribution in [1.82, 2.24) is 19.7 Å². The van der Waals surface area contributed by atoms with Crippen LogP contribution in [0, 0.1) is 6.92 Å². The molecule has 1 N–H and O–H groups in total. The topological polar surface area (TPSA) is 93.0 Å². The van der Waals surface area contributed by atoms with Crippen molar-refractivity contribution >= 4 is 27.3 Å². The van der Waals surface area contributed by atoms with Gasteiger partial charge in [0.05, 0.1) is 23.3 Å². The maximum absolute atomic E-state index is 12.3. The van der Waals surface area contributed by atoms with E-state index in [0.717, 1.165) is 33.8 Å². The lowest BCUT2D eigenvalue weighted by atomic mass is 10.1. The fourth-order valence-electron chi connectivity index (χ4n) is 3.56. The Kier molecular flexibility index (Phi) is 5.23. The molecule has 3 aromatic rings. The molecular formula is C21H26N6O2S. The monoisotopic (exact) mass is 426 g/mol. The third kappa shape index (κ3) is 3.77. The number of aryl methyl sites for hydroxylation is 1. The van der Waals surface area contributed by atoms with Crippen LogP contribution in [0.15, 0.2) is 36.8 Å². The van der Waals surface area contributed by atoms with Crippen molar-refractivity contribution in [1.29, 1.82) is 0 Å². The molecule has 0 fully saturated rings. The summed E-state index contributed by atoms with van der Waals surface area (Å²) in [7, 11) is -3.25.